The van der Waals surface area contributed by atoms with E-state index in [0.717, 1.165) is 35.7 Å². The highest BCUT2D eigenvalue weighted by atomic mass is 16.5. The summed E-state index contributed by atoms with van der Waals surface area (Å²) < 4.78 is 5.92. The van der Waals surface area contributed by atoms with Gasteiger partial charge in [-0.05, 0) is 61.7 Å². The Balaban J connectivity index is 1.32. The maximum atomic E-state index is 9.79. The normalized spacial score (nSPS) is 20.4. The predicted molar refractivity (Wildman–Crippen MR) is 126 cm³/mol. The van der Waals surface area contributed by atoms with E-state index >= 15 is 0 Å². The first-order chi connectivity index (χ1) is 15.6. The fourth-order valence-corrected chi connectivity index (χ4v) is 4.53. The number of nitrogens with zero attached hydrogens (tertiary/aromatic N) is 3. The van der Waals surface area contributed by atoms with Gasteiger partial charge in [0.25, 0.3) is 0 Å². The van der Waals surface area contributed by atoms with Gasteiger partial charge in [0.2, 0.25) is 0 Å². The van der Waals surface area contributed by atoms with Gasteiger partial charge in [-0.3, -0.25) is 10.3 Å². The van der Waals surface area contributed by atoms with Gasteiger partial charge in [0.15, 0.2) is 0 Å². The van der Waals surface area contributed by atoms with Gasteiger partial charge in [-0.1, -0.05) is 48.0 Å². The van der Waals surface area contributed by atoms with Crippen LogP contribution >= 0.6 is 0 Å². The molecule has 5 nitrogen and oxygen atoms in total. The van der Waals surface area contributed by atoms with E-state index < -0.39 is 0 Å². The lowest BCUT2D eigenvalue weighted by molar-refractivity contribution is 0.144. The van der Waals surface area contributed by atoms with Crippen molar-refractivity contribution in [3.05, 3.63) is 101 Å². The van der Waals surface area contributed by atoms with Crippen LogP contribution in [-0.4, -0.2) is 17.7 Å². The predicted octanol–water partition coefficient (Wildman–Crippen LogP) is 5.60. The third-order valence-electron chi connectivity index (χ3n) is 6.13. The molecule has 1 saturated heterocycles. The van der Waals surface area contributed by atoms with Gasteiger partial charge < -0.3 is 4.74 Å². The average molecular weight is 423 g/mol. The van der Waals surface area contributed by atoms with E-state index in [9.17, 15) is 5.26 Å². The van der Waals surface area contributed by atoms with E-state index in [0.29, 0.717) is 0 Å². The highest BCUT2D eigenvalue weighted by molar-refractivity contribution is 5.59. The van der Waals surface area contributed by atoms with Crippen LogP contribution in [0.4, 0.5) is 5.69 Å². The van der Waals surface area contributed by atoms with Gasteiger partial charge in [0.05, 0.1) is 17.3 Å². The van der Waals surface area contributed by atoms with Crippen LogP contribution in [0.25, 0.3) is 0 Å². The Morgan fingerprint density at radius 3 is 2.44 bits per heavy atom. The summed E-state index contributed by atoms with van der Waals surface area (Å²) in [4.78, 5) is 0. The van der Waals surface area contributed by atoms with Crippen LogP contribution in [0, 0.1) is 25.2 Å². The summed E-state index contributed by atoms with van der Waals surface area (Å²) in [6.07, 6.45) is 2.79. The highest BCUT2D eigenvalue weighted by Gasteiger charge is 2.39. The summed E-state index contributed by atoms with van der Waals surface area (Å²) in [6.45, 7) is 5.08. The Morgan fingerprint density at radius 1 is 0.969 bits per heavy atom. The number of aryl methyl sites for hydroxylation is 2. The minimum absolute atomic E-state index is 0.125. The summed E-state index contributed by atoms with van der Waals surface area (Å²) in [5, 5.41) is 17.9. The molecule has 2 heterocycles. The number of para-hydroxylation sites is 1. The van der Waals surface area contributed by atoms with Gasteiger partial charge in [-0.2, -0.15) is 10.3 Å². The quantitative estimate of drug-likeness (QED) is 0.593. The second kappa shape index (κ2) is 8.51. The smallest absolute Gasteiger partial charge is 0.127 e. The van der Waals surface area contributed by atoms with Crippen LogP contribution in [0.1, 0.15) is 29.2 Å². The van der Waals surface area contributed by atoms with Crippen molar-refractivity contribution in [3.8, 4) is 17.6 Å². The number of hydrogen-bond donors (Lipinski definition) is 1. The molecule has 2 aliphatic rings. The van der Waals surface area contributed by atoms with Gasteiger partial charge in [0.1, 0.15) is 17.7 Å². The number of nitriles is 1. The standard InChI is InChI=1S/C27H26N4O/c1-19-8-13-26(20(2)16-19)31-18-22(17-28)27-29-25(14-15-30(27)31)21-9-11-24(12-10-21)32-23-6-4-3-5-7-23/h3-13,16,18,25,27,29H,14-15H2,1-2H3. The summed E-state index contributed by atoms with van der Waals surface area (Å²) in [7, 11) is 0. The van der Waals surface area contributed by atoms with E-state index in [4.69, 9.17) is 4.74 Å². The fraction of sp³-hybridized carbons (Fsp3) is 0.222. The van der Waals surface area contributed by atoms with E-state index in [-0.39, 0.29) is 12.2 Å². The number of anilines is 1. The van der Waals surface area contributed by atoms with E-state index in [1.54, 1.807) is 0 Å². The number of rotatable bonds is 4. The molecule has 5 rings (SSSR count). The number of benzene rings is 3. The molecule has 1 fully saturated rings. The van der Waals surface area contributed by atoms with Crippen LogP contribution in [0.5, 0.6) is 11.5 Å². The summed E-state index contributed by atoms with van der Waals surface area (Å²) in [6, 6.07) is 27.0. The Bertz CT molecular complexity index is 1180. The molecule has 0 amide bonds. The summed E-state index contributed by atoms with van der Waals surface area (Å²) in [5.74, 6) is 1.64. The molecule has 0 aliphatic carbocycles. The Labute approximate surface area is 189 Å². The number of ether oxygens (including phenoxy) is 1. The van der Waals surface area contributed by atoms with E-state index in [1.807, 2.05) is 48.7 Å². The fourth-order valence-electron chi connectivity index (χ4n) is 4.53. The van der Waals surface area contributed by atoms with Crippen LogP contribution in [-0.2, 0) is 0 Å². The SMILES string of the molecule is Cc1ccc(N2C=C(C#N)C3NC(c4ccc(Oc5ccccc5)cc4)CCN32)c(C)c1. The van der Waals surface area contributed by atoms with Crippen molar-refractivity contribution in [1.29, 1.82) is 5.26 Å². The van der Waals surface area contributed by atoms with Crippen molar-refractivity contribution in [3.63, 3.8) is 0 Å². The molecule has 160 valence electrons. The minimum Gasteiger partial charge on any atom is -0.457 e. The third-order valence-corrected chi connectivity index (χ3v) is 6.13. The van der Waals surface area contributed by atoms with Gasteiger partial charge in [-0.25, -0.2) is 0 Å². The van der Waals surface area contributed by atoms with Crippen molar-refractivity contribution in [2.75, 3.05) is 11.6 Å². The third kappa shape index (κ3) is 3.87. The molecule has 5 heteroatoms. The lowest BCUT2D eigenvalue weighted by Gasteiger charge is -2.41. The van der Waals surface area contributed by atoms with E-state index in [1.165, 1.54) is 16.7 Å². The molecule has 0 bridgehead atoms. The minimum atomic E-state index is -0.125. The van der Waals surface area contributed by atoms with Gasteiger partial charge >= 0.3 is 0 Å². The lowest BCUT2D eigenvalue weighted by Crippen LogP contribution is -2.55. The Morgan fingerprint density at radius 2 is 1.72 bits per heavy atom. The highest BCUT2D eigenvalue weighted by Crippen LogP contribution is 2.35. The van der Waals surface area contributed by atoms with Crippen molar-refractivity contribution in [1.82, 2.24) is 10.3 Å². The van der Waals surface area contributed by atoms with Crippen LogP contribution in [0.2, 0.25) is 0 Å². The first-order valence-corrected chi connectivity index (χ1v) is 11.0. The molecule has 0 aromatic heterocycles. The topological polar surface area (TPSA) is 51.5 Å². The van der Waals surface area contributed by atoms with Crippen LogP contribution < -0.4 is 15.1 Å². The molecular formula is C27H26N4O. The molecule has 2 unspecified atom stereocenters. The zero-order valence-corrected chi connectivity index (χ0v) is 18.3. The zero-order valence-electron chi connectivity index (χ0n) is 18.3. The monoisotopic (exact) mass is 422 g/mol. The molecule has 32 heavy (non-hydrogen) atoms. The van der Waals surface area contributed by atoms with E-state index in [2.05, 4.69) is 65.6 Å². The summed E-state index contributed by atoms with van der Waals surface area (Å²) >= 11 is 0. The second-order valence-corrected chi connectivity index (χ2v) is 8.39. The van der Waals surface area contributed by atoms with Gasteiger partial charge in [-0.15, -0.1) is 0 Å². The molecule has 1 N–H and O–H groups in total. The number of hydrazine groups is 1. The van der Waals surface area contributed by atoms with Crippen LogP contribution in [0.3, 0.4) is 0 Å². The molecule has 3 aromatic rings. The average Bonchev–Trinajstić information content (AvgIpc) is 3.18. The first-order valence-electron chi connectivity index (χ1n) is 11.0. The number of fused-ring (bicyclic) bond motifs is 1. The number of nitrogens with one attached hydrogen (secondary N) is 1. The Hall–Kier alpha value is -3.59. The molecule has 3 aromatic carbocycles. The molecular weight excluding hydrogens is 396 g/mol. The molecule has 0 saturated carbocycles. The van der Waals surface area contributed by atoms with Gasteiger partial charge in [0, 0.05) is 18.8 Å². The largest absolute Gasteiger partial charge is 0.457 e. The zero-order chi connectivity index (χ0) is 22.1. The van der Waals surface area contributed by atoms with Crippen molar-refractivity contribution < 1.29 is 4.74 Å². The maximum Gasteiger partial charge on any atom is 0.127 e. The number of hydrogen-bond acceptors (Lipinski definition) is 5. The first kappa shape index (κ1) is 20.3. The van der Waals surface area contributed by atoms with Crippen molar-refractivity contribution in [2.45, 2.75) is 32.5 Å². The lowest BCUT2D eigenvalue weighted by atomic mass is 10.00. The Kier molecular flexibility index (Phi) is 5.40. The molecule has 2 aliphatic heterocycles. The molecule has 0 radical (unpaired) electrons. The van der Waals surface area contributed by atoms with Crippen LogP contribution in [0.15, 0.2) is 84.6 Å². The van der Waals surface area contributed by atoms with Crippen molar-refractivity contribution in [2.24, 2.45) is 0 Å². The molecule has 0 spiro atoms. The maximum absolute atomic E-state index is 9.79. The molecule has 2 atom stereocenters. The summed E-state index contributed by atoms with van der Waals surface area (Å²) in [5.41, 5.74) is 5.50. The van der Waals surface area contributed by atoms with Crippen molar-refractivity contribution >= 4 is 5.69 Å². The second-order valence-electron chi connectivity index (χ2n) is 8.39.